The molecule has 0 spiro atoms. The summed E-state index contributed by atoms with van der Waals surface area (Å²) in [7, 11) is 1.60. The number of carbonyl (C=O) groups excluding carboxylic acids is 1. The zero-order valence-corrected chi connectivity index (χ0v) is 20.1. The summed E-state index contributed by atoms with van der Waals surface area (Å²) in [5, 5.41) is 12.8. The highest BCUT2D eigenvalue weighted by Gasteiger charge is 2.20. The van der Waals surface area contributed by atoms with E-state index in [1.807, 2.05) is 47.9 Å². The largest absolute Gasteiger partial charge is 0.496 e. The van der Waals surface area contributed by atoms with Crippen LogP contribution in [0.4, 0.5) is 4.39 Å². The summed E-state index contributed by atoms with van der Waals surface area (Å²) in [6, 6.07) is 20.7. The molecule has 0 saturated carbocycles. The number of para-hydroxylation sites is 1. The first-order valence-corrected chi connectivity index (χ1v) is 11.8. The number of hydrogen-bond acceptors (Lipinski definition) is 5. The lowest BCUT2D eigenvalue weighted by Gasteiger charge is -2.15. The van der Waals surface area contributed by atoms with Crippen molar-refractivity contribution in [2.45, 2.75) is 18.1 Å². The van der Waals surface area contributed by atoms with E-state index in [2.05, 4.69) is 15.5 Å². The molecule has 0 aliphatic rings. The summed E-state index contributed by atoms with van der Waals surface area (Å²) in [6.45, 7) is 1.85. The van der Waals surface area contributed by atoms with E-state index < -0.39 is 0 Å². The Bertz CT molecular complexity index is 1280. The number of thioether (sulfide) groups is 1. The maximum Gasteiger partial charge on any atom is 0.230 e. The number of nitrogens with zero attached hydrogens (tertiary/aromatic N) is 3. The van der Waals surface area contributed by atoms with Gasteiger partial charge in [-0.25, -0.2) is 4.39 Å². The van der Waals surface area contributed by atoms with Gasteiger partial charge in [0, 0.05) is 10.7 Å². The van der Waals surface area contributed by atoms with Crippen molar-refractivity contribution in [3.63, 3.8) is 0 Å². The van der Waals surface area contributed by atoms with Crippen LogP contribution in [-0.4, -0.2) is 33.5 Å². The average Bonchev–Trinajstić information content (AvgIpc) is 3.27. The third kappa shape index (κ3) is 5.40. The van der Waals surface area contributed by atoms with Crippen molar-refractivity contribution in [3.05, 3.63) is 89.2 Å². The number of methoxy groups -OCH3 is 1. The first-order valence-electron chi connectivity index (χ1n) is 10.5. The minimum Gasteiger partial charge on any atom is -0.496 e. The van der Waals surface area contributed by atoms with Gasteiger partial charge in [-0.1, -0.05) is 47.6 Å². The normalized spacial score (nSPS) is 11.8. The zero-order chi connectivity index (χ0) is 24.1. The van der Waals surface area contributed by atoms with Crippen molar-refractivity contribution in [1.82, 2.24) is 20.1 Å². The molecule has 1 N–H and O–H groups in total. The summed E-state index contributed by atoms with van der Waals surface area (Å²) in [5.74, 6) is 0.884. The van der Waals surface area contributed by atoms with Gasteiger partial charge in [0.2, 0.25) is 5.91 Å². The molecular weight excluding hydrogens is 475 g/mol. The van der Waals surface area contributed by atoms with Crippen LogP contribution < -0.4 is 10.1 Å². The van der Waals surface area contributed by atoms with Crippen LogP contribution in [-0.2, 0) is 4.79 Å². The molecular formula is C25H22ClFN4O2S. The van der Waals surface area contributed by atoms with Crippen molar-refractivity contribution < 1.29 is 13.9 Å². The number of halogens is 2. The molecule has 1 aromatic heterocycles. The van der Waals surface area contributed by atoms with Gasteiger partial charge in [0.1, 0.15) is 11.6 Å². The molecule has 4 rings (SSSR count). The number of hydrogen-bond donors (Lipinski definition) is 1. The number of aromatic nitrogens is 3. The molecule has 34 heavy (non-hydrogen) atoms. The fourth-order valence-corrected chi connectivity index (χ4v) is 4.33. The van der Waals surface area contributed by atoms with Crippen LogP contribution in [0.2, 0.25) is 5.02 Å². The summed E-state index contributed by atoms with van der Waals surface area (Å²) >= 11 is 7.35. The first kappa shape index (κ1) is 23.8. The highest BCUT2D eigenvalue weighted by molar-refractivity contribution is 7.99. The predicted octanol–water partition coefficient (Wildman–Crippen LogP) is 5.70. The van der Waals surface area contributed by atoms with Gasteiger partial charge in [-0.15, -0.1) is 10.2 Å². The van der Waals surface area contributed by atoms with Crippen LogP contribution in [0.5, 0.6) is 5.75 Å². The molecule has 0 radical (unpaired) electrons. The van der Waals surface area contributed by atoms with Crippen molar-refractivity contribution in [3.8, 4) is 22.8 Å². The Labute approximate surface area is 206 Å². The second-order valence-corrected chi connectivity index (χ2v) is 8.83. The number of benzene rings is 3. The van der Waals surface area contributed by atoms with Crippen LogP contribution in [0.15, 0.2) is 78.0 Å². The first-order chi connectivity index (χ1) is 16.5. The lowest BCUT2D eigenvalue weighted by atomic mass is 10.1. The van der Waals surface area contributed by atoms with Gasteiger partial charge in [-0.3, -0.25) is 9.36 Å². The van der Waals surface area contributed by atoms with E-state index in [-0.39, 0.29) is 23.5 Å². The van der Waals surface area contributed by atoms with E-state index in [0.717, 1.165) is 16.8 Å². The van der Waals surface area contributed by atoms with Crippen molar-refractivity contribution >= 4 is 29.3 Å². The molecule has 0 aliphatic carbocycles. The van der Waals surface area contributed by atoms with Gasteiger partial charge in [0.15, 0.2) is 11.0 Å². The van der Waals surface area contributed by atoms with Gasteiger partial charge >= 0.3 is 0 Å². The monoisotopic (exact) mass is 496 g/mol. The van der Waals surface area contributed by atoms with Gasteiger partial charge in [-0.2, -0.15) is 0 Å². The minimum atomic E-state index is -0.315. The number of carbonyl (C=O) groups is 1. The van der Waals surface area contributed by atoms with E-state index in [9.17, 15) is 9.18 Å². The number of ether oxygens (including phenoxy) is 1. The Morgan fingerprint density at radius 1 is 1.09 bits per heavy atom. The number of nitrogens with one attached hydrogen (secondary N) is 1. The molecule has 0 bridgehead atoms. The van der Waals surface area contributed by atoms with E-state index in [1.54, 1.807) is 31.4 Å². The maximum atomic E-state index is 13.2. The van der Waals surface area contributed by atoms with Crippen LogP contribution in [0.3, 0.4) is 0 Å². The zero-order valence-electron chi connectivity index (χ0n) is 18.5. The fourth-order valence-electron chi connectivity index (χ4n) is 3.44. The third-order valence-electron chi connectivity index (χ3n) is 5.15. The van der Waals surface area contributed by atoms with Gasteiger partial charge in [-0.05, 0) is 61.0 Å². The Morgan fingerprint density at radius 3 is 2.50 bits per heavy atom. The topological polar surface area (TPSA) is 69.0 Å². The fraction of sp³-hybridized carbons (Fsp3) is 0.160. The van der Waals surface area contributed by atoms with Crippen molar-refractivity contribution in [2.75, 3.05) is 12.9 Å². The van der Waals surface area contributed by atoms with Gasteiger partial charge < -0.3 is 10.1 Å². The minimum absolute atomic E-state index is 0.128. The SMILES string of the molecule is COc1ccccc1-c1nnc(SCC(=O)NC(C)c2ccc(F)cc2)n1-c1ccc(Cl)cc1. The molecule has 4 aromatic rings. The van der Waals surface area contributed by atoms with Crippen molar-refractivity contribution in [1.29, 1.82) is 0 Å². The second-order valence-electron chi connectivity index (χ2n) is 7.45. The number of amides is 1. The van der Waals surface area contributed by atoms with Gasteiger partial charge in [0.25, 0.3) is 0 Å². The molecule has 1 amide bonds. The maximum absolute atomic E-state index is 13.2. The molecule has 0 aliphatic heterocycles. The molecule has 1 heterocycles. The lowest BCUT2D eigenvalue weighted by Crippen LogP contribution is -2.28. The summed E-state index contributed by atoms with van der Waals surface area (Å²) in [4.78, 5) is 12.6. The van der Waals surface area contributed by atoms with Crippen molar-refractivity contribution in [2.24, 2.45) is 0 Å². The lowest BCUT2D eigenvalue weighted by molar-refractivity contribution is -0.119. The summed E-state index contributed by atoms with van der Waals surface area (Å²) < 4.78 is 20.6. The number of rotatable bonds is 8. The summed E-state index contributed by atoms with van der Waals surface area (Å²) in [6.07, 6.45) is 0. The molecule has 174 valence electrons. The molecule has 3 aromatic carbocycles. The molecule has 6 nitrogen and oxygen atoms in total. The molecule has 9 heteroatoms. The van der Waals surface area contributed by atoms with Crippen LogP contribution in [0.1, 0.15) is 18.5 Å². The highest BCUT2D eigenvalue weighted by Crippen LogP contribution is 2.33. The van der Waals surface area contributed by atoms with Crippen LogP contribution in [0, 0.1) is 5.82 Å². The van der Waals surface area contributed by atoms with Crippen LogP contribution >= 0.6 is 23.4 Å². The van der Waals surface area contributed by atoms with E-state index in [0.29, 0.717) is 21.8 Å². The molecule has 1 atom stereocenters. The second kappa shape index (κ2) is 10.7. The highest BCUT2D eigenvalue weighted by atomic mass is 35.5. The van der Waals surface area contributed by atoms with Crippen LogP contribution in [0.25, 0.3) is 17.1 Å². The molecule has 1 unspecified atom stereocenters. The molecule has 0 fully saturated rings. The van der Waals surface area contributed by atoms with Gasteiger partial charge in [0.05, 0.1) is 24.5 Å². The quantitative estimate of drug-likeness (QED) is 0.317. The Kier molecular flexibility index (Phi) is 7.49. The predicted molar refractivity (Wildman–Crippen MR) is 132 cm³/mol. The smallest absolute Gasteiger partial charge is 0.230 e. The third-order valence-corrected chi connectivity index (χ3v) is 6.33. The Hall–Kier alpha value is -3.36. The summed E-state index contributed by atoms with van der Waals surface area (Å²) in [5.41, 5.74) is 2.40. The van der Waals surface area contributed by atoms with E-state index >= 15 is 0 Å². The average molecular weight is 497 g/mol. The van der Waals surface area contributed by atoms with E-state index in [1.165, 1.54) is 23.9 Å². The Balaban J connectivity index is 1.58. The standard InChI is InChI=1S/C25H22ClFN4O2S/c1-16(17-7-11-19(27)12-8-17)28-23(32)15-34-25-30-29-24(21-5-3-4-6-22(21)33-2)31(25)20-13-9-18(26)10-14-20/h3-14,16H,15H2,1-2H3,(H,28,32). The molecule has 0 saturated heterocycles. The Morgan fingerprint density at radius 2 is 1.79 bits per heavy atom. The van der Waals surface area contributed by atoms with E-state index in [4.69, 9.17) is 16.3 Å².